The van der Waals surface area contributed by atoms with Crippen molar-refractivity contribution in [2.45, 2.75) is 6.54 Å². The molecule has 1 rings (SSSR count). The van der Waals surface area contributed by atoms with Gasteiger partial charge in [0.05, 0.1) is 0 Å². The van der Waals surface area contributed by atoms with E-state index in [1.807, 2.05) is 0 Å². The van der Waals surface area contributed by atoms with Crippen LogP contribution in [0.1, 0.15) is 5.56 Å². The van der Waals surface area contributed by atoms with E-state index in [4.69, 9.17) is 10.8 Å². The van der Waals surface area contributed by atoms with Crippen molar-refractivity contribution in [1.82, 2.24) is 5.32 Å². The predicted octanol–water partition coefficient (Wildman–Crippen LogP) is 1.11. The van der Waals surface area contributed by atoms with Crippen molar-refractivity contribution >= 4 is 29.1 Å². The number of carbonyl (C=O) groups is 1. The van der Waals surface area contributed by atoms with Gasteiger partial charge < -0.3 is 21.5 Å². The minimum atomic E-state index is -1.05. The SMILES string of the molecule is NC(=S)Nc1cccc(CNC(=O)O)c1. The summed E-state index contributed by atoms with van der Waals surface area (Å²) >= 11 is 4.68. The highest BCUT2D eigenvalue weighted by atomic mass is 32.1. The van der Waals surface area contributed by atoms with E-state index >= 15 is 0 Å². The van der Waals surface area contributed by atoms with Gasteiger partial charge in [-0.3, -0.25) is 0 Å². The van der Waals surface area contributed by atoms with E-state index in [2.05, 4.69) is 22.9 Å². The highest BCUT2D eigenvalue weighted by molar-refractivity contribution is 7.80. The second kappa shape index (κ2) is 5.16. The van der Waals surface area contributed by atoms with Crippen LogP contribution in [0, 0.1) is 0 Å². The molecule has 0 saturated heterocycles. The number of anilines is 1. The van der Waals surface area contributed by atoms with Gasteiger partial charge in [0, 0.05) is 12.2 Å². The van der Waals surface area contributed by atoms with Gasteiger partial charge in [-0.05, 0) is 29.9 Å². The fourth-order valence-corrected chi connectivity index (χ4v) is 1.20. The van der Waals surface area contributed by atoms with Crippen LogP contribution in [-0.4, -0.2) is 16.3 Å². The molecule has 0 saturated carbocycles. The number of rotatable bonds is 3. The Kier molecular flexibility index (Phi) is 3.87. The zero-order valence-electron chi connectivity index (χ0n) is 7.86. The Labute approximate surface area is 92.3 Å². The van der Waals surface area contributed by atoms with Crippen LogP contribution in [0.25, 0.3) is 0 Å². The molecule has 0 fully saturated rings. The van der Waals surface area contributed by atoms with Crippen molar-refractivity contribution in [3.8, 4) is 0 Å². The first-order valence-electron chi connectivity index (χ1n) is 4.20. The van der Waals surface area contributed by atoms with Crippen molar-refractivity contribution < 1.29 is 9.90 Å². The van der Waals surface area contributed by atoms with Crippen LogP contribution in [-0.2, 0) is 6.54 Å². The fraction of sp³-hybridized carbons (Fsp3) is 0.111. The third-order valence-electron chi connectivity index (χ3n) is 1.64. The third kappa shape index (κ3) is 4.28. The molecule has 5 nitrogen and oxygen atoms in total. The maximum absolute atomic E-state index is 10.3. The van der Waals surface area contributed by atoms with Crippen LogP contribution in [0.5, 0.6) is 0 Å². The van der Waals surface area contributed by atoms with Gasteiger partial charge in [0.2, 0.25) is 0 Å². The summed E-state index contributed by atoms with van der Waals surface area (Å²) in [5, 5.41) is 13.6. The molecule has 0 aliphatic heterocycles. The average molecular weight is 225 g/mol. The maximum atomic E-state index is 10.3. The second-order valence-corrected chi connectivity index (χ2v) is 3.29. The molecule has 0 spiro atoms. The van der Waals surface area contributed by atoms with Gasteiger partial charge in [0.15, 0.2) is 5.11 Å². The van der Waals surface area contributed by atoms with Gasteiger partial charge in [0.1, 0.15) is 0 Å². The van der Waals surface area contributed by atoms with E-state index in [-0.39, 0.29) is 11.7 Å². The van der Waals surface area contributed by atoms with Crippen LogP contribution in [0.2, 0.25) is 0 Å². The van der Waals surface area contributed by atoms with Gasteiger partial charge in [0.25, 0.3) is 0 Å². The lowest BCUT2D eigenvalue weighted by atomic mass is 10.2. The van der Waals surface area contributed by atoms with Gasteiger partial charge in [-0.25, -0.2) is 4.79 Å². The van der Waals surface area contributed by atoms with E-state index in [9.17, 15) is 4.79 Å². The van der Waals surface area contributed by atoms with Crippen LogP contribution in [0.15, 0.2) is 24.3 Å². The van der Waals surface area contributed by atoms with Crippen LogP contribution in [0.4, 0.5) is 10.5 Å². The second-order valence-electron chi connectivity index (χ2n) is 2.85. The molecule has 0 unspecified atom stereocenters. The Bertz CT molecular complexity index is 381. The monoisotopic (exact) mass is 225 g/mol. The van der Waals surface area contributed by atoms with Crippen LogP contribution in [0.3, 0.4) is 0 Å². The number of amides is 1. The van der Waals surface area contributed by atoms with Gasteiger partial charge in [-0.1, -0.05) is 12.1 Å². The molecule has 1 aromatic rings. The molecule has 0 atom stereocenters. The Hall–Kier alpha value is -1.82. The number of nitrogens with one attached hydrogen (secondary N) is 2. The van der Waals surface area contributed by atoms with Crippen molar-refractivity contribution in [1.29, 1.82) is 0 Å². The first kappa shape index (κ1) is 11.3. The van der Waals surface area contributed by atoms with Gasteiger partial charge >= 0.3 is 6.09 Å². The van der Waals surface area contributed by atoms with E-state index in [0.717, 1.165) is 11.3 Å². The molecular weight excluding hydrogens is 214 g/mol. The van der Waals surface area contributed by atoms with Crippen molar-refractivity contribution in [3.05, 3.63) is 29.8 Å². The van der Waals surface area contributed by atoms with E-state index in [1.54, 1.807) is 24.3 Å². The lowest BCUT2D eigenvalue weighted by Crippen LogP contribution is -2.21. The highest BCUT2D eigenvalue weighted by Gasteiger charge is 1.98. The Morgan fingerprint density at radius 2 is 2.27 bits per heavy atom. The number of thiocarbonyl (C=S) groups is 1. The summed E-state index contributed by atoms with van der Waals surface area (Å²) in [5.41, 5.74) is 6.88. The Balaban J connectivity index is 2.65. The molecule has 0 heterocycles. The summed E-state index contributed by atoms with van der Waals surface area (Å²) < 4.78 is 0. The first-order valence-corrected chi connectivity index (χ1v) is 4.61. The highest BCUT2D eigenvalue weighted by Crippen LogP contribution is 2.09. The molecule has 1 amide bonds. The number of nitrogens with two attached hydrogens (primary N) is 1. The molecular formula is C9H11N3O2S. The molecule has 6 heteroatoms. The topological polar surface area (TPSA) is 87.4 Å². The van der Waals surface area contributed by atoms with E-state index < -0.39 is 6.09 Å². The Morgan fingerprint density at radius 1 is 1.53 bits per heavy atom. The lowest BCUT2D eigenvalue weighted by molar-refractivity contribution is 0.194. The molecule has 1 aromatic carbocycles. The number of hydrogen-bond acceptors (Lipinski definition) is 2. The van der Waals surface area contributed by atoms with Crippen molar-refractivity contribution in [2.24, 2.45) is 5.73 Å². The largest absolute Gasteiger partial charge is 0.465 e. The van der Waals surface area contributed by atoms with Crippen LogP contribution >= 0.6 is 12.2 Å². The zero-order valence-corrected chi connectivity index (χ0v) is 8.67. The molecule has 0 bridgehead atoms. The lowest BCUT2D eigenvalue weighted by Gasteiger charge is -2.06. The molecule has 0 aliphatic carbocycles. The quantitative estimate of drug-likeness (QED) is 0.579. The summed E-state index contributed by atoms with van der Waals surface area (Å²) in [6.45, 7) is 0.252. The van der Waals surface area contributed by atoms with Gasteiger partial charge in [-0.2, -0.15) is 0 Å². The first-order chi connectivity index (χ1) is 7.08. The molecule has 80 valence electrons. The standard InChI is InChI=1S/C9H11N3O2S/c10-8(15)12-7-3-1-2-6(4-7)5-11-9(13)14/h1-4,11H,5H2,(H,13,14)(H3,10,12,15). The molecule has 15 heavy (non-hydrogen) atoms. The Morgan fingerprint density at radius 3 is 2.87 bits per heavy atom. The van der Waals surface area contributed by atoms with E-state index in [0.29, 0.717) is 0 Å². The predicted molar refractivity (Wildman–Crippen MR) is 61.7 cm³/mol. The minimum absolute atomic E-state index is 0.179. The zero-order chi connectivity index (χ0) is 11.3. The average Bonchev–Trinajstić information content (AvgIpc) is 2.14. The third-order valence-corrected chi connectivity index (χ3v) is 1.74. The summed E-state index contributed by atoms with van der Waals surface area (Å²) in [6, 6.07) is 7.17. The summed E-state index contributed by atoms with van der Waals surface area (Å²) in [7, 11) is 0. The smallest absolute Gasteiger partial charge is 0.404 e. The number of benzene rings is 1. The van der Waals surface area contributed by atoms with Crippen molar-refractivity contribution in [3.63, 3.8) is 0 Å². The molecule has 0 aromatic heterocycles. The summed E-state index contributed by atoms with van der Waals surface area (Å²) in [4.78, 5) is 10.3. The fourth-order valence-electron chi connectivity index (χ4n) is 1.08. The molecule has 5 N–H and O–H groups in total. The van der Waals surface area contributed by atoms with Gasteiger partial charge in [-0.15, -0.1) is 0 Å². The van der Waals surface area contributed by atoms with Crippen LogP contribution < -0.4 is 16.4 Å². The number of hydrogen-bond donors (Lipinski definition) is 4. The normalized spacial score (nSPS) is 9.33. The molecule has 0 radical (unpaired) electrons. The van der Waals surface area contributed by atoms with E-state index in [1.165, 1.54) is 0 Å². The summed E-state index contributed by atoms with van der Waals surface area (Å²) in [5.74, 6) is 0. The van der Waals surface area contributed by atoms with Crippen molar-refractivity contribution in [2.75, 3.05) is 5.32 Å². The summed E-state index contributed by atoms with van der Waals surface area (Å²) in [6.07, 6.45) is -1.05. The maximum Gasteiger partial charge on any atom is 0.404 e. The molecule has 0 aliphatic rings. The number of carboxylic acid groups (broad SMARTS) is 1. The minimum Gasteiger partial charge on any atom is -0.465 e.